The molecular formula is C26H32O6. The lowest BCUT2D eigenvalue weighted by Gasteiger charge is -2.41. The molecule has 6 heteroatoms. The first-order valence-electron chi connectivity index (χ1n) is 11.2. The SMILES string of the molecule is C=CC1=CC[C@@H]2C(C)(C)O[C@H]3CC(=O)O[C@]32C[C@@]1(CCOCc1ccccc1)OC(C)=O. The summed E-state index contributed by atoms with van der Waals surface area (Å²) in [7, 11) is 0. The van der Waals surface area contributed by atoms with Gasteiger partial charge in [-0.2, -0.15) is 0 Å². The summed E-state index contributed by atoms with van der Waals surface area (Å²) in [4.78, 5) is 24.6. The summed E-state index contributed by atoms with van der Waals surface area (Å²) in [6.07, 6.45) is 5.06. The lowest BCUT2D eigenvalue weighted by Crippen LogP contribution is -2.51. The Bertz CT molecular complexity index is 920. The number of hydrogen-bond donors (Lipinski definition) is 0. The fraction of sp³-hybridized carbons (Fsp3) is 0.538. The van der Waals surface area contributed by atoms with Gasteiger partial charge < -0.3 is 18.9 Å². The van der Waals surface area contributed by atoms with E-state index in [4.69, 9.17) is 18.9 Å². The van der Waals surface area contributed by atoms with Crippen LogP contribution in [-0.4, -0.2) is 41.5 Å². The van der Waals surface area contributed by atoms with Gasteiger partial charge in [-0.05, 0) is 31.4 Å². The molecule has 1 aliphatic carbocycles. The molecule has 0 aromatic heterocycles. The highest BCUT2D eigenvalue weighted by Crippen LogP contribution is 2.58. The van der Waals surface area contributed by atoms with Crippen molar-refractivity contribution < 1.29 is 28.5 Å². The van der Waals surface area contributed by atoms with Crippen molar-refractivity contribution in [3.8, 4) is 0 Å². The number of carbonyl (C=O) groups excluding carboxylic acids is 2. The van der Waals surface area contributed by atoms with Crippen molar-refractivity contribution in [2.75, 3.05) is 6.61 Å². The first kappa shape index (κ1) is 22.7. The molecule has 2 fully saturated rings. The summed E-state index contributed by atoms with van der Waals surface area (Å²) in [5.74, 6) is -0.714. The van der Waals surface area contributed by atoms with Gasteiger partial charge in [0.1, 0.15) is 17.3 Å². The van der Waals surface area contributed by atoms with Crippen LogP contribution in [0.15, 0.2) is 54.6 Å². The van der Waals surface area contributed by atoms with Gasteiger partial charge in [0.05, 0.1) is 25.2 Å². The van der Waals surface area contributed by atoms with Gasteiger partial charge in [-0.1, -0.05) is 49.1 Å². The summed E-state index contributed by atoms with van der Waals surface area (Å²) in [5, 5.41) is 0. The number of hydrogen-bond acceptors (Lipinski definition) is 6. The van der Waals surface area contributed by atoms with Crippen LogP contribution in [0.1, 0.15) is 52.0 Å². The van der Waals surface area contributed by atoms with Crippen LogP contribution in [0.25, 0.3) is 0 Å². The maximum Gasteiger partial charge on any atom is 0.309 e. The number of rotatable bonds is 7. The molecule has 32 heavy (non-hydrogen) atoms. The molecule has 1 spiro atoms. The first-order valence-corrected chi connectivity index (χ1v) is 11.2. The Morgan fingerprint density at radius 1 is 1.28 bits per heavy atom. The fourth-order valence-electron chi connectivity index (χ4n) is 5.78. The van der Waals surface area contributed by atoms with Crippen molar-refractivity contribution >= 4 is 11.9 Å². The van der Waals surface area contributed by atoms with Gasteiger partial charge >= 0.3 is 11.9 Å². The second-order valence-electron chi connectivity index (χ2n) is 9.55. The van der Waals surface area contributed by atoms with E-state index in [1.807, 2.05) is 44.2 Å². The van der Waals surface area contributed by atoms with E-state index in [2.05, 4.69) is 12.7 Å². The third kappa shape index (κ3) is 4.02. The molecule has 1 aromatic carbocycles. The van der Waals surface area contributed by atoms with E-state index >= 15 is 0 Å². The minimum absolute atomic E-state index is 0.0518. The highest BCUT2D eigenvalue weighted by Gasteiger charge is 2.69. The van der Waals surface area contributed by atoms with E-state index in [9.17, 15) is 9.59 Å². The largest absolute Gasteiger partial charge is 0.456 e. The van der Waals surface area contributed by atoms with Gasteiger partial charge in [-0.3, -0.25) is 9.59 Å². The van der Waals surface area contributed by atoms with Crippen molar-refractivity contribution in [1.82, 2.24) is 0 Å². The summed E-state index contributed by atoms with van der Waals surface area (Å²) < 4.78 is 24.3. The van der Waals surface area contributed by atoms with Crippen LogP contribution in [0.5, 0.6) is 0 Å². The second-order valence-corrected chi connectivity index (χ2v) is 9.55. The van der Waals surface area contributed by atoms with Crippen LogP contribution in [-0.2, 0) is 35.1 Å². The zero-order chi connectivity index (χ0) is 23.0. The summed E-state index contributed by atoms with van der Waals surface area (Å²) >= 11 is 0. The number of ether oxygens (including phenoxy) is 4. The smallest absolute Gasteiger partial charge is 0.309 e. The lowest BCUT2D eigenvalue weighted by atomic mass is 9.71. The van der Waals surface area contributed by atoms with Crippen LogP contribution >= 0.6 is 0 Å². The lowest BCUT2D eigenvalue weighted by molar-refractivity contribution is -0.170. The molecule has 172 valence electrons. The molecule has 4 rings (SSSR count). The van der Waals surface area contributed by atoms with Crippen LogP contribution in [0.4, 0.5) is 0 Å². The van der Waals surface area contributed by atoms with Crippen molar-refractivity contribution in [3.63, 3.8) is 0 Å². The van der Waals surface area contributed by atoms with Gasteiger partial charge in [0.15, 0.2) is 0 Å². The molecule has 0 unspecified atom stereocenters. The molecule has 2 aliphatic heterocycles. The Morgan fingerprint density at radius 3 is 2.72 bits per heavy atom. The Hall–Kier alpha value is -2.44. The Labute approximate surface area is 189 Å². The van der Waals surface area contributed by atoms with Gasteiger partial charge in [0.2, 0.25) is 0 Å². The van der Waals surface area contributed by atoms with Gasteiger partial charge in [0.25, 0.3) is 0 Å². The van der Waals surface area contributed by atoms with E-state index in [1.165, 1.54) is 6.92 Å². The highest BCUT2D eigenvalue weighted by atomic mass is 16.6. The molecule has 2 heterocycles. The quantitative estimate of drug-likeness (QED) is 0.466. The third-order valence-electron chi connectivity index (χ3n) is 7.06. The van der Waals surface area contributed by atoms with Gasteiger partial charge in [-0.15, -0.1) is 0 Å². The fourth-order valence-corrected chi connectivity index (χ4v) is 5.78. The molecule has 0 amide bonds. The van der Waals surface area contributed by atoms with Crippen molar-refractivity contribution in [2.45, 2.75) is 76.0 Å². The maximum atomic E-state index is 12.4. The number of carbonyl (C=O) groups is 2. The molecule has 2 saturated heterocycles. The van der Waals surface area contributed by atoms with Crippen molar-refractivity contribution in [2.24, 2.45) is 5.92 Å². The predicted octanol–water partition coefficient (Wildman–Crippen LogP) is 4.28. The second kappa shape index (κ2) is 8.49. The van der Waals surface area contributed by atoms with Crippen LogP contribution in [0.3, 0.4) is 0 Å². The Morgan fingerprint density at radius 2 is 2.03 bits per heavy atom. The minimum Gasteiger partial charge on any atom is -0.456 e. The highest BCUT2D eigenvalue weighted by molar-refractivity contribution is 5.74. The van der Waals surface area contributed by atoms with Crippen LogP contribution in [0, 0.1) is 5.92 Å². The molecule has 0 N–H and O–H groups in total. The molecule has 3 aliphatic rings. The molecule has 4 atom stereocenters. The van der Waals surface area contributed by atoms with Gasteiger partial charge in [-0.25, -0.2) is 0 Å². The Kier molecular flexibility index (Phi) is 6.03. The van der Waals surface area contributed by atoms with E-state index in [0.717, 1.165) is 11.1 Å². The maximum absolute atomic E-state index is 12.4. The number of esters is 2. The number of allylic oxidation sites excluding steroid dienone is 1. The van der Waals surface area contributed by atoms with E-state index in [1.54, 1.807) is 6.08 Å². The minimum atomic E-state index is -1.01. The average Bonchev–Trinajstić information content (AvgIpc) is 3.05. The first-order chi connectivity index (χ1) is 15.2. The summed E-state index contributed by atoms with van der Waals surface area (Å²) in [6.45, 7) is 10.3. The number of benzene rings is 1. The molecular weight excluding hydrogens is 408 g/mol. The van der Waals surface area contributed by atoms with Crippen LogP contribution < -0.4 is 0 Å². The monoisotopic (exact) mass is 440 g/mol. The molecule has 0 radical (unpaired) electrons. The van der Waals surface area contributed by atoms with E-state index in [0.29, 0.717) is 32.5 Å². The van der Waals surface area contributed by atoms with Crippen LogP contribution in [0.2, 0.25) is 0 Å². The normalized spacial score (nSPS) is 32.8. The summed E-state index contributed by atoms with van der Waals surface area (Å²) in [6, 6.07) is 9.92. The van der Waals surface area contributed by atoms with Crippen molar-refractivity contribution in [3.05, 3.63) is 60.2 Å². The Balaban J connectivity index is 1.63. The van der Waals surface area contributed by atoms with Crippen molar-refractivity contribution in [1.29, 1.82) is 0 Å². The third-order valence-corrected chi connectivity index (χ3v) is 7.06. The molecule has 0 bridgehead atoms. The summed E-state index contributed by atoms with van der Waals surface area (Å²) in [5.41, 5.74) is -0.423. The van der Waals surface area contributed by atoms with E-state index < -0.39 is 22.8 Å². The molecule has 6 nitrogen and oxygen atoms in total. The molecule has 1 aromatic rings. The predicted molar refractivity (Wildman–Crippen MR) is 119 cm³/mol. The average molecular weight is 441 g/mol. The zero-order valence-electron chi connectivity index (χ0n) is 19.1. The van der Waals surface area contributed by atoms with E-state index in [-0.39, 0.29) is 24.4 Å². The van der Waals surface area contributed by atoms with Gasteiger partial charge in [0, 0.05) is 25.7 Å². The standard InChI is InChI=1S/C26H32O6/c1-5-20-11-12-21-24(3,4)31-22-15-23(28)32-26(21,22)17-25(20,30-18(2)27)13-14-29-16-19-9-7-6-8-10-19/h5-11,21-22H,1,12-17H2,2-4H3/t21-,22+,25-,26+/m1/s1. The zero-order valence-corrected chi connectivity index (χ0v) is 19.1. The molecule has 0 saturated carbocycles. The topological polar surface area (TPSA) is 71.1 Å².